The molecule has 4 rings (SSSR count). The van der Waals surface area contributed by atoms with Gasteiger partial charge in [-0.3, -0.25) is 9.88 Å². The molecule has 1 unspecified atom stereocenters. The topological polar surface area (TPSA) is 84.7 Å². The first-order valence-corrected chi connectivity index (χ1v) is 11.9. The average molecular weight is 474 g/mol. The first-order chi connectivity index (χ1) is 16.1. The molecule has 1 aromatic carbocycles. The van der Waals surface area contributed by atoms with Crippen LogP contribution >= 0.6 is 11.6 Å². The molecule has 0 spiro atoms. The maximum absolute atomic E-state index is 11.4. The van der Waals surface area contributed by atoms with Crippen LogP contribution in [-0.4, -0.2) is 96.1 Å². The van der Waals surface area contributed by atoms with Gasteiger partial charge in [-0.2, -0.15) is 0 Å². The number of pyridine rings is 1. The fourth-order valence-electron chi connectivity index (χ4n) is 4.21. The number of hydrogen-bond acceptors (Lipinski definition) is 8. The van der Waals surface area contributed by atoms with E-state index in [9.17, 15) is 10.2 Å². The van der Waals surface area contributed by atoms with Crippen molar-refractivity contribution in [1.82, 2.24) is 14.8 Å². The number of fused-ring (bicyclic) bond motifs is 1. The van der Waals surface area contributed by atoms with Crippen molar-refractivity contribution in [3.63, 3.8) is 0 Å². The Morgan fingerprint density at radius 1 is 1.09 bits per heavy atom. The number of amidine groups is 1. The van der Waals surface area contributed by atoms with Crippen LogP contribution < -0.4 is 4.90 Å². The van der Waals surface area contributed by atoms with Crippen molar-refractivity contribution in [2.45, 2.75) is 19.6 Å². The molecule has 3 heterocycles. The van der Waals surface area contributed by atoms with Crippen molar-refractivity contribution < 1.29 is 14.9 Å². The molecule has 1 aromatic heterocycles. The summed E-state index contributed by atoms with van der Waals surface area (Å²) in [6.07, 6.45) is 1.86. The number of piperazine rings is 1. The number of rotatable bonds is 8. The molecule has 2 N–H and O–H groups in total. The summed E-state index contributed by atoms with van der Waals surface area (Å²) in [6, 6.07) is 9.53. The van der Waals surface area contributed by atoms with Crippen LogP contribution in [-0.2, 0) is 4.74 Å². The molecule has 1 saturated heterocycles. The Balaban J connectivity index is 1.61. The number of aliphatic imine (C=N–C) groups is 1. The number of aliphatic hydroxyl groups is 2. The Labute approximate surface area is 200 Å². The number of β-amino-alcohol motifs (C(OH)–C–C–N with tert-alkyl or cyclic N) is 1. The molecule has 0 radical (unpaired) electrons. The summed E-state index contributed by atoms with van der Waals surface area (Å²) in [5.74, 6) is 0.641. The monoisotopic (exact) mass is 473 g/mol. The number of ether oxygens (including phenoxy) is 1. The van der Waals surface area contributed by atoms with Crippen molar-refractivity contribution in [3.8, 4) is 11.3 Å². The summed E-state index contributed by atoms with van der Waals surface area (Å²) in [4.78, 5) is 15.8. The zero-order chi connectivity index (χ0) is 23.2. The second-order valence-electron chi connectivity index (χ2n) is 8.27. The van der Waals surface area contributed by atoms with Crippen molar-refractivity contribution in [3.05, 3.63) is 41.6 Å². The minimum atomic E-state index is -0.868. The van der Waals surface area contributed by atoms with Gasteiger partial charge in [0.1, 0.15) is 5.69 Å². The Hall–Kier alpha value is -2.23. The third kappa shape index (κ3) is 5.65. The predicted octanol–water partition coefficient (Wildman–Crippen LogP) is 2.61. The highest BCUT2D eigenvalue weighted by Gasteiger charge is 2.33. The van der Waals surface area contributed by atoms with E-state index in [4.69, 9.17) is 21.3 Å². The van der Waals surface area contributed by atoms with E-state index in [-0.39, 0.29) is 6.61 Å². The summed E-state index contributed by atoms with van der Waals surface area (Å²) >= 11 is 6.04. The van der Waals surface area contributed by atoms with Crippen molar-refractivity contribution in [2.75, 3.05) is 64.0 Å². The molecule has 0 amide bonds. The number of halogens is 1. The van der Waals surface area contributed by atoms with E-state index in [1.807, 2.05) is 35.2 Å². The number of aromatic nitrogens is 1. The fraction of sp³-hybridized carbons (Fsp3) is 0.500. The molecule has 0 aliphatic carbocycles. The molecule has 1 atom stereocenters. The van der Waals surface area contributed by atoms with E-state index in [0.29, 0.717) is 37.2 Å². The Kier molecular flexibility index (Phi) is 8.16. The second-order valence-corrected chi connectivity index (χ2v) is 8.70. The first-order valence-electron chi connectivity index (χ1n) is 11.6. The van der Waals surface area contributed by atoms with Gasteiger partial charge in [-0.05, 0) is 24.6 Å². The molecule has 1 fully saturated rings. The van der Waals surface area contributed by atoms with Crippen LogP contribution in [0.2, 0.25) is 5.02 Å². The third-order valence-electron chi connectivity index (χ3n) is 6.01. The highest BCUT2D eigenvalue weighted by Crippen LogP contribution is 2.37. The van der Waals surface area contributed by atoms with Crippen LogP contribution in [0.3, 0.4) is 0 Å². The van der Waals surface area contributed by atoms with Gasteiger partial charge < -0.3 is 24.7 Å². The number of nitrogens with zero attached hydrogens (tertiary/aromatic N) is 5. The standard InChI is InChI=1S/C24H32ClN5O3/c1-2-14-33-15-12-30-22-16-20(18-3-5-19(25)6-4-18)26-17-21(22)27-23(24(30)32)29-9-7-28(8-10-29)11-13-31/h3-6,16-17,24,31-32H,2,7-15H2,1H3. The van der Waals surface area contributed by atoms with Gasteiger partial charge in [0.2, 0.25) is 0 Å². The second kappa shape index (κ2) is 11.3. The van der Waals surface area contributed by atoms with Crippen LogP contribution in [0.4, 0.5) is 11.4 Å². The number of benzene rings is 1. The zero-order valence-corrected chi connectivity index (χ0v) is 19.8. The lowest BCUT2D eigenvalue weighted by Gasteiger charge is -2.42. The molecule has 178 valence electrons. The van der Waals surface area contributed by atoms with Gasteiger partial charge in [-0.1, -0.05) is 30.7 Å². The van der Waals surface area contributed by atoms with Gasteiger partial charge in [-0.15, -0.1) is 0 Å². The molecule has 2 aliphatic rings. The molecule has 0 saturated carbocycles. The van der Waals surface area contributed by atoms with Crippen LogP contribution in [0.1, 0.15) is 13.3 Å². The zero-order valence-electron chi connectivity index (χ0n) is 19.0. The largest absolute Gasteiger partial charge is 0.395 e. The van der Waals surface area contributed by atoms with E-state index >= 15 is 0 Å². The van der Waals surface area contributed by atoms with Crippen molar-refractivity contribution >= 4 is 28.8 Å². The molecule has 33 heavy (non-hydrogen) atoms. The summed E-state index contributed by atoms with van der Waals surface area (Å²) < 4.78 is 5.73. The summed E-state index contributed by atoms with van der Waals surface area (Å²) in [5, 5.41) is 21.2. The molecule has 9 heteroatoms. The van der Waals surface area contributed by atoms with E-state index in [0.717, 1.165) is 55.2 Å². The minimum Gasteiger partial charge on any atom is -0.395 e. The van der Waals surface area contributed by atoms with Gasteiger partial charge in [0.25, 0.3) is 0 Å². The normalized spacial score (nSPS) is 18.9. The van der Waals surface area contributed by atoms with Crippen LogP contribution in [0.25, 0.3) is 11.3 Å². The summed E-state index contributed by atoms with van der Waals surface area (Å²) in [7, 11) is 0. The molecule has 2 aliphatic heterocycles. The maximum atomic E-state index is 11.4. The lowest BCUT2D eigenvalue weighted by molar-refractivity contribution is 0.122. The molecule has 0 bridgehead atoms. The highest BCUT2D eigenvalue weighted by atomic mass is 35.5. The van der Waals surface area contributed by atoms with Crippen molar-refractivity contribution in [1.29, 1.82) is 0 Å². The van der Waals surface area contributed by atoms with Gasteiger partial charge in [0.15, 0.2) is 12.1 Å². The lowest BCUT2D eigenvalue weighted by Crippen LogP contribution is -2.56. The summed E-state index contributed by atoms with van der Waals surface area (Å²) in [5.41, 5.74) is 3.33. The quantitative estimate of drug-likeness (QED) is 0.570. The van der Waals surface area contributed by atoms with E-state index in [2.05, 4.69) is 21.7 Å². The number of hydrogen-bond donors (Lipinski definition) is 2. The Morgan fingerprint density at radius 3 is 2.55 bits per heavy atom. The molecule has 2 aromatic rings. The smallest absolute Gasteiger partial charge is 0.186 e. The maximum Gasteiger partial charge on any atom is 0.186 e. The van der Waals surface area contributed by atoms with Crippen LogP contribution in [0.5, 0.6) is 0 Å². The van der Waals surface area contributed by atoms with Crippen LogP contribution in [0, 0.1) is 0 Å². The third-order valence-corrected chi connectivity index (χ3v) is 6.26. The van der Waals surface area contributed by atoms with Gasteiger partial charge in [-0.25, -0.2) is 4.99 Å². The number of anilines is 1. The van der Waals surface area contributed by atoms with Crippen molar-refractivity contribution in [2.24, 2.45) is 4.99 Å². The SMILES string of the molecule is CCCOCCN1c2cc(-c3ccc(Cl)cc3)ncc2N=C(N2CCN(CCO)CC2)C1O. The molecular formula is C24H32ClN5O3. The average Bonchev–Trinajstić information content (AvgIpc) is 2.84. The Morgan fingerprint density at radius 2 is 1.85 bits per heavy atom. The van der Waals surface area contributed by atoms with Crippen LogP contribution in [0.15, 0.2) is 41.5 Å². The predicted molar refractivity (Wildman–Crippen MR) is 131 cm³/mol. The van der Waals surface area contributed by atoms with Gasteiger partial charge >= 0.3 is 0 Å². The van der Waals surface area contributed by atoms with E-state index in [1.165, 1.54) is 0 Å². The lowest BCUT2D eigenvalue weighted by atomic mass is 10.1. The number of aliphatic hydroxyl groups excluding tert-OH is 2. The first kappa shape index (κ1) is 23.9. The van der Waals surface area contributed by atoms with Gasteiger partial charge in [0, 0.05) is 56.5 Å². The highest BCUT2D eigenvalue weighted by molar-refractivity contribution is 6.30. The fourth-order valence-corrected chi connectivity index (χ4v) is 4.34. The van der Waals surface area contributed by atoms with E-state index in [1.54, 1.807) is 6.20 Å². The van der Waals surface area contributed by atoms with E-state index < -0.39 is 6.23 Å². The Bertz CT molecular complexity index is 948. The minimum absolute atomic E-state index is 0.157. The molecular weight excluding hydrogens is 442 g/mol. The summed E-state index contributed by atoms with van der Waals surface area (Å²) in [6.45, 7) is 7.81. The molecule has 8 nitrogen and oxygen atoms in total. The van der Waals surface area contributed by atoms with Gasteiger partial charge in [0.05, 0.1) is 30.8 Å².